The van der Waals surface area contributed by atoms with Crippen molar-refractivity contribution < 1.29 is 27.1 Å². The van der Waals surface area contributed by atoms with Crippen LogP contribution in [0.15, 0.2) is 17.0 Å². The van der Waals surface area contributed by atoms with E-state index in [1.807, 2.05) is 0 Å². The summed E-state index contributed by atoms with van der Waals surface area (Å²) in [6.07, 6.45) is 0. The van der Waals surface area contributed by atoms with Crippen molar-refractivity contribution in [2.45, 2.75) is 38.6 Å². The lowest BCUT2D eigenvalue weighted by molar-refractivity contribution is 0.0685. The van der Waals surface area contributed by atoms with E-state index in [9.17, 15) is 22.0 Å². The fourth-order valence-corrected chi connectivity index (χ4v) is 2.94. The minimum absolute atomic E-state index is 0.431. The number of sulfonamides is 1. The number of hydrogen-bond acceptors (Lipinski definition) is 3. The molecule has 0 radical (unpaired) electrons. The zero-order chi connectivity index (χ0) is 16.6. The highest BCUT2D eigenvalue weighted by Crippen LogP contribution is 2.24. The van der Waals surface area contributed by atoms with Crippen LogP contribution >= 0.6 is 0 Å². The number of carboxylic acid groups (broad SMARTS) is 1. The number of rotatable bonds is 4. The number of halogens is 2. The van der Waals surface area contributed by atoms with Gasteiger partial charge in [0.25, 0.3) is 0 Å². The van der Waals surface area contributed by atoms with Crippen molar-refractivity contribution in [1.82, 2.24) is 4.72 Å². The Morgan fingerprint density at radius 3 is 2.24 bits per heavy atom. The van der Waals surface area contributed by atoms with Crippen LogP contribution < -0.4 is 4.72 Å². The fraction of sp³-hybridized carbons (Fsp3) is 0.462. The number of benzene rings is 1. The van der Waals surface area contributed by atoms with Gasteiger partial charge in [-0.2, -0.15) is 0 Å². The van der Waals surface area contributed by atoms with Gasteiger partial charge in [0.05, 0.1) is 0 Å². The quantitative estimate of drug-likeness (QED) is 0.892. The molecule has 1 rings (SSSR count). The summed E-state index contributed by atoms with van der Waals surface area (Å²) in [5.41, 5.74) is -1.72. The summed E-state index contributed by atoms with van der Waals surface area (Å²) >= 11 is 0. The van der Waals surface area contributed by atoms with Gasteiger partial charge in [-0.3, -0.25) is 0 Å². The molecule has 0 aliphatic heterocycles. The molecule has 0 aromatic heterocycles. The minimum Gasteiger partial charge on any atom is -0.477 e. The summed E-state index contributed by atoms with van der Waals surface area (Å²) in [6.45, 7) is 6.94. The second-order valence-electron chi connectivity index (χ2n) is 5.75. The van der Waals surface area contributed by atoms with Crippen LogP contribution in [0.1, 0.15) is 38.1 Å². The zero-order valence-corrected chi connectivity index (χ0v) is 12.9. The van der Waals surface area contributed by atoms with E-state index in [2.05, 4.69) is 4.72 Å². The number of nitrogens with one attached hydrogen (secondary N) is 1. The largest absolute Gasteiger partial charge is 0.477 e. The van der Waals surface area contributed by atoms with Crippen molar-refractivity contribution in [2.24, 2.45) is 5.41 Å². The van der Waals surface area contributed by atoms with Gasteiger partial charge in [-0.15, -0.1) is 0 Å². The molecule has 0 aliphatic carbocycles. The number of hydrogen-bond donors (Lipinski definition) is 2. The van der Waals surface area contributed by atoms with Gasteiger partial charge < -0.3 is 5.11 Å². The summed E-state index contributed by atoms with van der Waals surface area (Å²) in [5, 5.41) is 8.75. The van der Waals surface area contributed by atoms with Gasteiger partial charge in [0.2, 0.25) is 10.0 Å². The highest BCUT2D eigenvalue weighted by atomic mass is 32.2. The van der Waals surface area contributed by atoms with Gasteiger partial charge in [-0.25, -0.2) is 26.7 Å². The highest BCUT2D eigenvalue weighted by Gasteiger charge is 2.30. The molecule has 0 saturated carbocycles. The normalized spacial score (nSPS) is 14.0. The van der Waals surface area contributed by atoms with E-state index < -0.39 is 49.5 Å². The van der Waals surface area contributed by atoms with Gasteiger partial charge in [0, 0.05) is 6.04 Å². The van der Waals surface area contributed by atoms with Crippen molar-refractivity contribution in [2.75, 3.05) is 0 Å². The first-order chi connectivity index (χ1) is 9.38. The average molecular weight is 321 g/mol. The van der Waals surface area contributed by atoms with Crippen LogP contribution in [0.3, 0.4) is 0 Å². The molecule has 21 heavy (non-hydrogen) atoms. The van der Waals surface area contributed by atoms with E-state index in [4.69, 9.17) is 5.11 Å². The van der Waals surface area contributed by atoms with E-state index in [1.54, 1.807) is 27.7 Å². The molecule has 118 valence electrons. The van der Waals surface area contributed by atoms with Crippen LogP contribution in [0.2, 0.25) is 0 Å². The third-order valence-corrected chi connectivity index (χ3v) is 4.75. The number of carboxylic acids is 1. The molecule has 0 saturated heterocycles. The van der Waals surface area contributed by atoms with Gasteiger partial charge >= 0.3 is 5.97 Å². The molecule has 5 nitrogen and oxygen atoms in total. The van der Waals surface area contributed by atoms with E-state index >= 15 is 0 Å². The van der Waals surface area contributed by atoms with Crippen molar-refractivity contribution in [3.05, 3.63) is 29.3 Å². The Bertz CT molecular complexity index is 665. The van der Waals surface area contributed by atoms with Crippen LogP contribution in [-0.2, 0) is 10.0 Å². The lowest BCUT2D eigenvalue weighted by atomic mass is 9.89. The molecule has 0 fully saturated rings. The maximum atomic E-state index is 14.0. The van der Waals surface area contributed by atoms with Gasteiger partial charge in [0.15, 0.2) is 5.82 Å². The zero-order valence-electron chi connectivity index (χ0n) is 12.1. The maximum Gasteiger partial charge on any atom is 0.341 e. The number of aromatic carboxylic acids is 1. The van der Waals surface area contributed by atoms with E-state index in [1.165, 1.54) is 0 Å². The molecule has 1 aromatic rings. The van der Waals surface area contributed by atoms with Crippen LogP contribution in [0.4, 0.5) is 8.78 Å². The molecule has 1 unspecified atom stereocenters. The average Bonchev–Trinajstić information content (AvgIpc) is 2.25. The van der Waals surface area contributed by atoms with E-state index in [0.29, 0.717) is 12.1 Å². The summed E-state index contributed by atoms with van der Waals surface area (Å²) in [5.74, 6) is -4.81. The molecular weight excluding hydrogens is 304 g/mol. The Hall–Kier alpha value is -1.54. The molecule has 0 aliphatic rings. The maximum absolute atomic E-state index is 14.0. The predicted molar refractivity (Wildman–Crippen MR) is 72.6 cm³/mol. The van der Waals surface area contributed by atoms with Crippen LogP contribution in [0, 0.1) is 17.0 Å². The molecular formula is C13H17F2NO4S. The molecule has 0 bridgehead atoms. The Balaban J connectivity index is 3.34. The van der Waals surface area contributed by atoms with Crippen molar-refractivity contribution in [1.29, 1.82) is 0 Å². The highest BCUT2D eigenvalue weighted by molar-refractivity contribution is 7.89. The molecule has 0 spiro atoms. The number of carbonyl (C=O) groups is 1. The minimum atomic E-state index is -4.30. The Morgan fingerprint density at radius 1 is 1.29 bits per heavy atom. The van der Waals surface area contributed by atoms with E-state index in [-0.39, 0.29) is 0 Å². The summed E-state index contributed by atoms with van der Waals surface area (Å²) in [6, 6.07) is 0.776. The Kier molecular flexibility index (Phi) is 4.74. The topological polar surface area (TPSA) is 83.5 Å². The van der Waals surface area contributed by atoms with Gasteiger partial charge in [0.1, 0.15) is 16.3 Å². The van der Waals surface area contributed by atoms with Crippen LogP contribution in [-0.4, -0.2) is 25.5 Å². The third-order valence-electron chi connectivity index (χ3n) is 3.19. The summed E-state index contributed by atoms with van der Waals surface area (Å²) in [4.78, 5) is 9.92. The lowest BCUT2D eigenvalue weighted by Gasteiger charge is -2.27. The predicted octanol–water partition coefficient (Wildman–Crippen LogP) is 2.38. The second-order valence-corrected chi connectivity index (χ2v) is 7.43. The molecule has 0 amide bonds. The second kappa shape index (κ2) is 5.69. The van der Waals surface area contributed by atoms with Gasteiger partial charge in [-0.1, -0.05) is 20.8 Å². The third kappa shape index (κ3) is 3.76. The first-order valence-corrected chi connectivity index (χ1v) is 7.60. The molecule has 1 aromatic carbocycles. The molecule has 0 heterocycles. The van der Waals surface area contributed by atoms with Crippen molar-refractivity contribution in [3.63, 3.8) is 0 Å². The molecule has 2 N–H and O–H groups in total. The Labute approximate surface area is 122 Å². The monoisotopic (exact) mass is 321 g/mol. The van der Waals surface area contributed by atoms with Crippen LogP contribution in [0.5, 0.6) is 0 Å². The van der Waals surface area contributed by atoms with Crippen molar-refractivity contribution >= 4 is 16.0 Å². The Morgan fingerprint density at radius 2 is 1.81 bits per heavy atom. The van der Waals surface area contributed by atoms with Gasteiger partial charge in [-0.05, 0) is 24.5 Å². The first-order valence-electron chi connectivity index (χ1n) is 6.11. The standard InChI is InChI=1S/C13H17F2NO4S/c1-7(13(2,3)4)16-21(19,20)9-6-5-8(14)10(11(9)15)12(17)18/h5-7,16H,1-4H3,(H,17,18). The van der Waals surface area contributed by atoms with E-state index in [0.717, 1.165) is 0 Å². The fourth-order valence-electron chi connectivity index (χ4n) is 1.41. The smallest absolute Gasteiger partial charge is 0.341 e. The summed E-state index contributed by atoms with van der Waals surface area (Å²) < 4.78 is 53.8. The van der Waals surface area contributed by atoms with Crippen molar-refractivity contribution in [3.8, 4) is 0 Å². The molecule has 1 atom stereocenters. The van der Waals surface area contributed by atoms with Crippen LogP contribution in [0.25, 0.3) is 0 Å². The lowest BCUT2D eigenvalue weighted by Crippen LogP contribution is -2.41. The first kappa shape index (κ1) is 17.5. The summed E-state index contributed by atoms with van der Waals surface area (Å²) in [7, 11) is -4.30. The molecule has 8 heteroatoms. The SMILES string of the molecule is CC(NS(=O)(=O)c1ccc(F)c(C(=O)O)c1F)C(C)(C)C.